The second-order valence-electron chi connectivity index (χ2n) is 5.56. The highest BCUT2D eigenvalue weighted by Crippen LogP contribution is 2.01. The van der Waals surface area contributed by atoms with Gasteiger partial charge >= 0.3 is 12.0 Å². The minimum atomic E-state index is -1.60. The van der Waals surface area contributed by atoms with E-state index in [1.807, 2.05) is 5.32 Å². The first-order valence-electron chi connectivity index (χ1n) is 7.61. The minimum absolute atomic E-state index is 0.147. The Bertz CT molecular complexity index is 588. The Hall–Kier alpha value is -2.55. The third-order valence-corrected chi connectivity index (χ3v) is 3.74. The summed E-state index contributed by atoms with van der Waals surface area (Å²) in [5.41, 5.74) is 12.7. The van der Waals surface area contributed by atoms with Crippen LogP contribution in [0.1, 0.15) is 13.3 Å². The molecule has 0 aromatic carbocycles. The van der Waals surface area contributed by atoms with E-state index >= 15 is 0 Å². The molecule has 2 unspecified atom stereocenters. The van der Waals surface area contributed by atoms with Gasteiger partial charge in [-0.2, -0.15) is 0 Å². The summed E-state index contributed by atoms with van der Waals surface area (Å²) >= 11 is 5.08. The average molecular weight is 408 g/mol. The van der Waals surface area contributed by atoms with Crippen molar-refractivity contribution in [3.05, 3.63) is 0 Å². The van der Waals surface area contributed by atoms with Gasteiger partial charge in [-0.25, -0.2) is 9.59 Å². The molecule has 10 N–H and O–H groups in total. The van der Waals surface area contributed by atoms with E-state index in [1.54, 1.807) is 0 Å². The SMILES string of the molecule is CC(O)[C@H](NC(=O)NC(CC(N)=O)C(=S)N(C)NC(=O)[C@@H](N)CO)C(=O)O. The summed E-state index contributed by atoms with van der Waals surface area (Å²) in [4.78, 5) is 45.8. The fraction of sp³-hybridized carbons (Fsp3) is 0.615. The van der Waals surface area contributed by atoms with Gasteiger partial charge < -0.3 is 37.4 Å². The number of nitrogens with one attached hydrogen (secondary N) is 3. The number of likely N-dealkylation sites (N-methyl/N-ethyl adjacent to an activating group) is 1. The van der Waals surface area contributed by atoms with Crippen molar-refractivity contribution in [2.45, 2.75) is 37.6 Å². The number of hydrogen-bond donors (Lipinski definition) is 8. The first-order chi connectivity index (χ1) is 12.4. The highest BCUT2D eigenvalue weighted by molar-refractivity contribution is 7.80. The van der Waals surface area contributed by atoms with Crippen LogP contribution in [0.2, 0.25) is 0 Å². The molecule has 4 amide bonds. The lowest BCUT2D eigenvalue weighted by Gasteiger charge is -2.28. The van der Waals surface area contributed by atoms with Crippen LogP contribution in [0.5, 0.6) is 0 Å². The van der Waals surface area contributed by atoms with Crippen molar-refractivity contribution in [1.82, 2.24) is 21.1 Å². The van der Waals surface area contributed by atoms with Gasteiger partial charge in [-0.1, -0.05) is 12.2 Å². The van der Waals surface area contributed by atoms with Gasteiger partial charge in [0.1, 0.15) is 11.0 Å². The highest BCUT2D eigenvalue weighted by Gasteiger charge is 2.28. The molecule has 0 saturated heterocycles. The Morgan fingerprint density at radius 3 is 2.19 bits per heavy atom. The molecule has 0 aromatic rings. The molecule has 0 spiro atoms. The van der Waals surface area contributed by atoms with Crippen molar-refractivity contribution in [3.8, 4) is 0 Å². The molecule has 0 aliphatic heterocycles. The van der Waals surface area contributed by atoms with Gasteiger partial charge in [0.15, 0.2) is 6.04 Å². The van der Waals surface area contributed by atoms with Gasteiger partial charge in [-0.3, -0.25) is 20.0 Å². The Balaban J connectivity index is 5.12. The molecule has 0 saturated carbocycles. The highest BCUT2D eigenvalue weighted by atomic mass is 32.1. The van der Waals surface area contributed by atoms with Crippen LogP contribution in [-0.4, -0.2) is 87.0 Å². The fourth-order valence-corrected chi connectivity index (χ4v) is 1.94. The van der Waals surface area contributed by atoms with Crippen LogP contribution in [0.4, 0.5) is 4.79 Å². The third-order valence-electron chi connectivity index (χ3n) is 3.19. The van der Waals surface area contributed by atoms with E-state index in [0.29, 0.717) is 0 Å². The van der Waals surface area contributed by atoms with E-state index < -0.39 is 61.1 Å². The van der Waals surface area contributed by atoms with Gasteiger partial charge in [0.05, 0.1) is 25.2 Å². The van der Waals surface area contributed by atoms with Crippen molar-refractivity contribution >= 4 is 41.0 Å². The normalized spacial score (nSPS) is 14.9. The minimum Gasteiger partial charge on any atom is -0.480 e. The van der Waals surface area contributed by atoms with Gasteiger partial charge in [-0.15, -0.1) is 0 Å². The van der Waals surface area contributed by atoms with E-state index in [9.17, 15) is 24.3 Å². The van der Waals surface area contributed by atoms with Crippen LogP contribution in [0.25, 0.3) is 0 Å². The Kier molecular flexibility index (Phi) is 10.2. The van der Waals surface area contributed by atoms with Gasteiger partial charge in [-0.05, 0) is 6.92 Å². The molecular formula is C13H24N6O7S. The molecule has 0 heterocycles. The maximum absolute atomic E-state index is 12.0. The molecule has 0 aliphatic carbocycles. The van der Waals surface area contributed by atoms with Crippen molar-refractivity contribution in [2.24, 2.45) is 11.5 Å². The van der Waals surface area contributed by atoms with Crippen LogP contribution in [0.3, 0.4) is 0 Å². The maximum atomic E-state index is 12.0. The predicted octanol–water partition coefficient (Wildman–Crippen LogP) is -4.03. The first kappa shape index (κ1) is 24.5. The van der Waals surface area contributed by atoms with Crippen LogP contribution in [0.15, 0.2) is 0 Å². The molecule has 0 aromatic heterocycles. The van der Waals surface area contributed by atoms with E-state index in [2.05, 4.69) is 10.7 Å². The lowest BCUT2D eigenvalue weighted by atomic mass is 10.2. The topological polar surface area (TPSA) is 220 Å². The van der Waals surface area contributed by atoms with Crippen LogP contribution in [0, 0.1) is 0 Å². The van der Waals surface area contributed by atoms with Gasteiger partial charge in [0.25, 0.3) is 5.91 Å². The molecule has 0 fully saturated rings. The number of carboxylic acids is 1. The predicted molar refractivity (Wildman–Crippen MR) is 95.9 cm³/mol. The van der Waals surface area contributed by atoms with Crippen LogP contribution < -0.4 is 27.5 Å². The van der Waals surface area contributed by atoms with Crippen LogP contribution in [-0.2, 0) is 14.4 Å². The number of nitrogens with two attached hydrogens (primary N) is 2. The lowest BCUT2D eigenvalue weighted by Crippen LogP contribution is -2.59. The second kappa shape index (κ2) is 11.2. The van der Waals surface area contributed by atoms with E-state index in [-0.39, 0.29) is 4.99 Å². The van der Waals surface area contributed by atoms with Crippen molar-refractivity contribution < 1.29 is 34.5 Å². The zero-order valence-electron chi connectivity index (χ0n) is 14.7. The molecule has 13 nitrogen and oxygen atoms in total. The summed E-state index contributed by atoms with van der Waals surface area (Å²) < 4.78 is 0. The number of urea groups is 1. The van der Waals surface area contributed by atoms with Gasteiger partial charge in [0, 0.05) is 7.05 Å². The number of thiocarbonyl (C=S) groups is 1. The quantitative estimate of drug-likeness (QED) is 0.136. The zero-order chi connectivity index (χ0) is 21.3. The second-order valence-corrected chi connectivity index (χ2v) is 5.98. The standard InChI is InChI=1S/C13H24N6O7S/c1-5(21)9(12(24)25)17-13(26)16-7(3-8(15)22)11(27)19(2)18-10(23)6(14)4-20/h5-7,9,20-21H,3-4,14H2,1-2H3,(H2,15,22)(H,18,23)(H,24,25)(H2,16,17,26)/t5?,6-,7?,9-/m0/s1. The number of carbonyl (C=O) groups excluding carboxylic acids is 3. The summed E-state index contributed by atoms with van der Waals surface area (Å²) in [6, 6.07) is -5.04. The van der Waals surface area contributed by atoms with Gasteiger partial charge in [0.2, 0.25) is 5.91 Å². The van der Waals surface area contributed by atoms with E-state index in [1.165, 1.54) is 7.05 Å². The fourth-order valence-electron chi connectivity index (χ4n) is 1.75. The number of primary amides is 1. The summed E-state index contributed by atoms with van der Waals surface area (Å²) in [5.74, 6) is -3.08. The number of hydrogen-bond acceptors (Lipinski definition) is 8. The summed E-state index contributed by atoms with van der Waals surface area (Å²) in [6.07, 6.45) is -1.85. The number of aliphatic hydroxyl groups excluding tert-OH is 2. The Morgan fingerprint density at radius 1 is 1.22 bits per heavy atom. The smallest absolute Gasteiger partial charge is 0.328 e. The lowest BCUT2D eigenvalue weighted by molar-refractivity contribution is -0.141. The summed E-state index contributed by atoms with van der Waals surface area (Å²) in [5, 5.41) is 32.4. The number of nitrogens with zero attached hydrogens (tertiary/aromatic N) is 1. The maximum Gasteiger partial charge on any atom is 0.328 e. The molecule has 4 atom stereocenters. The molecular weight excluding hydrogens is 384 g/mol. The molecule has 27 heavy (non-hydrogen) atoms. The third kappa shape index (κ3) is 8.59. The summed E-state index contributed by atoms with van der Waals surface area (Å²) in [7, 11) is 1.30. The number of aliphatic carboxylic acids is 1. The van der Waals surface area contributed by atoms with Crippen LogP contribution >= 0.6 is 12.2 Å². The number of hydrazine groups is 1. The van der Waals surface area contributed by atoms with E-state index in [0.717, 1.165) is 11.9 Å². The van der Waals surface area contributed by atoms with Crippen molar-refractivity contribution in [3.63, 3.8) is 0 Å². The van der Waals surface area contributed by atoms with E-state index in [4.69, 9.17) is 33.9 Å². The number of carbonyl (C=O) groups is 4. The Labute approximate surface area is 160 Å². The molecule has 154 valence electrons. The van der Waals surface area contributed by atoms with Crippen molar-refractivity contribution in [2.75, 3.05) is 13.7 Å². The molecule has 0 bridgehead atoms. The number of carboxylic acid groups (broad SMARTS) is 1. The number of amides is 4. The molecule has 0 radical (unpaired) electrons. The Morgan fingerprint density at radius 2 is 1.78 bits per heavy atom. The summed E-state index contributed by atoms with van der Waals surface area (Å²) in [6.45, 7) is 0.548. The molecule has 0 rings (SSSR count). The number of aliphatic hydroxyl groups is 2. The zero-order valence-corrected chi connectivity index (χ0v) is 15.5. The average Bonchev–Trinajstić information content (AvgIpc) is 2.56. The molecule has 14 heteroatoms. The van der Waals surface area contributed by atoms with Crippen molar-refractivity contribution in [1.29, 1.82) is 0 Å². The largest absolute Gasteiger partial charge is 0.480 e. The monoisotopic (exact) mass is 408 g/mol. The molecule has 0 aliphatic rings. The first-order valence-corrected chi connectivity index (χ1v) is 8.02. The number of rotatable bonds is 9.